The Morgan fingerprint density at radius 1 is 1.38 bits per heavy atom. The molecular weight excluding hydrogens is 222 g/mol. The van der Waals surface area contributed by atoms with E-state index < -0.39 is 0 Å². The summed E-state index contributed by atoms with van der Waals surface area (Å²) in [5.41, 5.74) is 6.79. The molecule has 0 aromatic carbocycles. The largest absolute Gasteiger partial charge is 0.375 e. The fourth-order valence-electron chi connectivity index (χ4n) is 2.19. The summed E-state index contributed by atoms with van der Waals surface area (Å²) in [5.74, 6) is 0.678. The van der Waals surface area contributed by atoms with E-state index in [1.165, 1.54) is 4.88 Å². The van der Waals surface area contributed by atoms with Crippen molar-refractivity contribution < 1.29 is 4.79 Å². The smallest absolute Gasteiger partial charge is 0.225 e. The number of aromatic nitrogens is 1. The van der Waals surface area contributed by atoms with Gasteiger partial charge in [0.15, 0.2) is 5.13 Å². The summed E-state index contributed by atoms with van der Waals surface area (Å²) < 4.78 is 0. The Morgan fingerprint density at radius 2 is 2.12 bits per heavy atom. The maximum Gasteiger partial charge on any atom is 0.225 e. The molecule has 0 bridgehead atoms. The molecule has 1 saturated carbocycles. The summed E-state index contributed by atoms with van der Waals surface area (Å²) in [6.45, 7) is 1.65. The van der Waals surface area contributed by atoms with Crippen LogP contribution in [0.5, 0.6) is 0 Å². The number of carbonyl (C=O) groups excluding carboxylic acids is 1. The van der Waals surface area contributed by atoms with Crippen molar-refractivity contribution in [3.63, 3.8) is 0 Å². The molecule has 2 N–H and O–H groups in total. The molecule has 1 aromatic rings. The zero-order valence-corrected chi connectivity index (χ0v) is 9.92. The molecule has 1 aromatic heterocycles. The molecule has 5 heteroatoms. The molecule has 1 aliphatic heterocycles. The van der Waals surface area contributed by atoms with Crippen molar-refractivity contribution in [2.24, 2.45) is 5.92 Å². The Bertz CT molecular complexity index is 399. The molecule has 4 nitrogen and oxygen atoms in total. The summed E-state index contributed by atoms with van der Waals surface area (Å²) >= 11 is 1.57. The van der Waals surface area contributed by atoms with Gasteiger partial charge in [0.1, 0.15) is 0 Å². The van der Waals surface area contributed by atoms with Crippen LogP contribution in [0.25, 0.3) is 0 Å². The molecule has 2 heterocycles. The van der Waals surface area contributed by atoms with Crippen molar-refractivity contribution in [3.8, 4) is 0 Å². The van der Waals surface area contributed by atoms with Crippen LogP contribution in [0.2, 0.25) is 0 Å². The summed E-state index contributed by atoms with van der Waals surface area (Å²) in [7, 11) is 0. The molecule has 3 rings (SSSR count). The van der Waals surface area contributed by atoms with E-state index in [2.05, 4.69) is 4.98 Å². The van der Waals surface area contributed by atoms with E-state index in [0.29, 0.717) is 17.0 Å². The van der Waals surface area contributed by atoms with Crippen LogP contribution in [0.1, 0.15) is 23.4 Å². The van der Waals surface area contributed by atoms with Gasteiger partial charge in [0.05, 0.1) is 5.69 Å². The van der Waals surface area contributed by atoms with Crippen LogP contribution < -0.4 is 5.73 Å². The number of rotatable bonds is 1. The molecule has 0 unspecified atom stereocenters. The van der Waals surface area contributed by atoms with Gasteiger partial charge in [-0.2, -0.15) is 0 Å². The molecular formula is C11H15N3OS. The van der Waals surface area contributed by atoms with E-state index >= 15 is 0 Å². The first-order valence-corrected chi connectivity index (χ1v) is 6.58. The van der Waals surface area contributed by atoms with E-state index in [4.69, 9.17) is 5.73 Å². The second kappa shape index (κ2) is 3.73. The van der Waals surface area contributed by atoms with Crippen molar-refractivity contribution in [3.05, 3.63) is 10.6 Å². The minimum absolute atomic E-state index is 0.328. The first-order valence-electron chi connectivity index (χ1n) is 5.77. The highest BCUT2D eigenvalue weighted by atomic mass is 32.1. The van der Waals surface area contributed by atoms with Gasteiger partial charge >= 0.3 is 0 Å². The Kier molecular flexibility index (Phi) is 2.35. The lowest BCUT2D eigenvalue weighted by Crippen LogP contribution is -2.34. The van der Waals surface area contributed by atoms with Crippen LogP contribution >= 0.6 is 11.3 Å². The minimum Gasteiger partial charge on any atom is -0.375 e. The fourth-order valence-corrected chi connectivity index (χ4v) is 3.06. The molecule has 0 saturated heterocycles. The number of carbonyl (C=O) groups is 1. The SMILES string of the molecule is Nc1nc2c(s1)CCN(C(=O)C1CC1)CC2. The Balaban J connectivity index is 1.72. The second-order valence-corrected chi connectivity index (χ2v) is 5.64. The highest BCUT2D eigenvalue weighted by Gasteiger charge is 2.34. The van der Waals surface area contributed by atoms with E-state index in [0.717, 1.165) is 44.5 Å². The fraction of sp³-hybridized carbons (Fsp3) is 0.636. The Morgan fingerprint density at radius 3 is 2.88 bits per heavy atom. The van der Waals surface area contributed by atoms with E-state index in [9.17, 15) is 4.79 Å². The molecule has 86 valence electrons. The van der Waals surface area contributed by atoms with Gasteiger partial charge in [0.25, 0.3) is 0 Å². The zero-order chi connectivity index (χ0) is 11.1. The molecule has 0 atom stereocenters. The lowest BCUT2D eigenvalue weighted by molar-refractivity contribution is -0.132. The number of amides is 1. The van der Waals surface area contributed by atoms with Crippen LogP contribution in [-0.2, 0) is 17.6 Å². The predicted molar refractivity (Wildman–Crippen MR) is 63.2 cm³/mol. The number of hydrogen-bond acceptors (Lipinski definition) is 4. The van der Waals surface area contributed by atoms with E-state index in [-0.39, 0.29) is 0 Å². The standard InChI is InChI=1S/C11H15N3OS/c12-11-13-8-3-5-14(6-4-9(8)16-11)10(15)7-1-2-7/h7H,1-6H2,(H2,12,13). The molecule has 16 heavy (non-hydrogen) atoms. The van der Waals surface area contributed by atoms with Crippen molar-refractivity contribution in [2.75, 3.05) is 18.8 Å². The number of nitrogens with two attached hydrogens (primary N) is 1. The van der Waals surface area contributed by atoms with Gasteiger partial charge in [-0.3, -0.25) is 4.79 Å². The van der Waals surface area contributed by atoms with E-state index in [1.807, 2.05) is 4.90 Å². The number of fused-ring (bicyclic) bond motifs is 1. The quantitative estimate of drug-likeness (QED) is 0.794. The van der Waals surface area contributed by atoms with Crippen LogP contribution in [0.15, 0.2) is 0 Å². The minimum atomic E-state index is 0.328. The summed E-state index contributed by atoms with van der Waals surface area (Å²) in [6.07, 6.45) is 3.95. The molecule has 0 spiro atoms. The average molecular weight is 237 g/mol. The second-order valence-electron chi connectivity index (χ2n) is 4.52. The van der Waals surface area contributed by atoms with Crippen LogP contribution in [-0.4, -0.2) is 28.9 Å². The van der Waals surface area contributed by atoms with Crippen molar-refractivity contribution in [2.45, 2.75) is 25.7 Å². The normalized spacial score (nSPS) is 20.4. The molecule has 1 aliphatic carbocycles. The molecule has 1 amide bonds. The Labute approximate surface area is 98.5 Å². The summed E-state index contributed by atoms with van der Waals surface area (Å²) in [6, 6.07) is 0. The molecule has 0 radical (unpaired) electrons. The van der Waals surface area contributed by atoms with Crippen molar-refractivity contribution in [1.29, 1.82) is 0 Å². The van der Waals surface area contributed by atoms with Gasteiger partial charge in [-0.25, -0.2) is 4.98 Å². The van der Waals surface area contributed by atoms with Crippen molar-refractivity contribution >= 4 is 22.4 Å². The van der Waals surface area contributed by atoms with E-state index in [1.54, 1.807) is 11.3 Å². The maximum atomic E-state index is 11.9. The zero-order valence-electron chi connectivity index (χ0n) is 9.11. The highest BCUT2D eigenvalue weighted by Crippen LogP contribution is 2.32. The third-order valence-electron chi connectivity index (χ3n) is 3.26. The number of nitrogens with zero attached hydrogens (tertiary/aromatic N) is 2. The predicted octanol–water partition coefficient (Wildman–Crippen LogP) is 1.06. The van der Waals surface area contributed by atoms with Gasteiger partial charge in [-0.1, -0.05) is 0 Å². The highest BCUT2D eigenvalue weighted by molar-refractivity contribution is 7.15. The number of anilines is 1. The van der Waals surface area contributed by atoms with Crippen LogP contribution in [0.4, 0.5) is 5.13 Å². The summed E-state index contributed by atoms with van der Waals surface area (Å²) in [5, 5.41) is 0.659. The molecule has 1 fully saturated rings. The summed E-state index contributed by atoms with van der Waals surface area (Å²) in [4.78, 5) is 19.5. The molecule has 2 aliphatic rings. The third kappa shape index (κ3) is 1.80. The first-order chi connectivity index (χ1) is 7.74. The number of thiazole rings is 1. The maximum absolute atomic E-state index is 11.9. The van der Waals surface area contributed by atoms with Gasteiger partial charge in [-0.05, 0) is 12.8 Å². The first kappa shape index (κ1) is 10.1. The lowest BCUT2D eigenvalue weighted by Gasteiger charge is -2.19. The monoisotopic (exact) mass is 237 g/mol. The van der Waals surface area contributed by atoms with Gasteiger partial charge in [-0.15, -0.1) is 11.3 Å². The Hall–Kier alpha value is -1.10. The number of hydrogen-bond donors (Lipinski definition) is 1. The van der Waals surface area contributed by atoms with Gasteiger partial charge in [0.2, 0.25) is 5.91 Å². The van der Waals surface area contributed by atoms with Crippen molar-refractivity contribution in [1.82, 2.24) is 9.88 Å². The number of nitrogen functional groups attached to an aromatic ring is 1. The van der Waals surface area contributed by atoms with Crippen LogP contribution in [0, 0.1) is 5.92 Å². The lowest BCUT2D eigenvalue weighted by atomic mass is 10.2. The topological polar surface area (TPSA) is 59.2 Å². The average Bonchev–Trinajstić information content (AvgIpc) is 3.05. The third-order valence-corrected chi connectivity index (χ3v) is 4.25. The van der Waals surface area contributed by atoms with Gasteiger partial charge in [0, 0.05) is 36.7 Å². The van der Waals surface area contributed by atoms with Crippen LogP contribution in [0.3, 0.4) is 0 Å². The van der Waals surface area contributed by atoms with Gasteiger partial charge < -0.3 is 10.6 Å².